The predicted molar refractivity (Wildman–Crippen MR) is 57.7 cm³/mol. The van der Waals surface area contributed by atoms with Crippen LogP contribution >= 0.6 is 0 Å². The second-order valence-corrected chi connectivity index (χ2v) is 3.61. The molecule has 1 aromatic rings. The normalized spacial score (nSPS) is 10.1. The monoisotopic (exact) mass is 209 g/mol. The number of hydrogen-bond acceptors (Lipinski definition) is 2. The van der Waals surface area contributed by atoms with Crippen LogP contribution in [0.1, 0.15) is 31.3 Å². The van der Waals surface area contributed by atoms with E-state index in [0.29, 0.717) is 11.4 Å². The molecule has 0 bridgehead atoms. The minimum absolute atomic E-state index is 0.0880. The van der Waals surface area contributed by atoms with Gasteiger partial charge in [0.05, 0.1) is 5.69 Å². The van der Waals surface area contributed by atoms with Gasteiger partial charge >= 0.3 is 0 Å². The van der Waals surface area contributed by atoms with Gasteiger partial charge in [-0.3, -0.25) is 9.59 Å². The first-order valence-electron chi connectivity index (χ1n) is 4.76. The van der Waals surface area contributed by atoms with Crippen molar-refractivity contribution < 1.29 is 9.59 Å². The van der Waals surface area contributed by atoms with Crippen LogP contribution in [0.3, 0.4) is 0 Å². The van der Waals surface area contributed by atoms with Gasteiger partial charge in [-0.25, -0.2) is 0 Å². The molecule has 0 aliphatic heterocycles. The fourth-order valence-electron chi connectivity index (χ4n) is 1.14. The van der Waals surface area contributed by atoms with Crippen LogP contribution in [-0.4, -0.2) is 22.8 Å². The molecular weight excluding hydrogens is 194 g/mol. The van der Waals surface area contributed by atoms with E-state index in [1.54, 1.807) is 12.3 Å². The Labute approximate surface area is 88.3 Å². The third kappa shape index (κ3) is 3.46. The zero-order chi connectivity index (χ0) is 11.4. The molecule has 1 heterocycles. The summed E-state index contributed by atoms with van der Waals surface area (Å²) in [6, 6.07) is 1.68. The Bertz CT molecular complexity index is 368. The Morgan fingerprint density at radius 2 is 2.07 bits per heavy atom. The smallest absolute Gasteiger partial charge is 0.267 e. The number of anilines is 1. The number of amides is 2. The number of carbonyl (C=O) groups is 2. The number of aromatic amines is 1. The minimum Gasteiger partial charge on any atom is -0.355 e. The molecule has 5 nitrogen and oxygen atoms in total. The minimum atomic E-state index is -0.179. The Balaban J connectivity index is 2.67. The standard InChI is InChI=1S/C10H15N3O2/c1-6(2)12-10(15)9-4-8(5-11-9)13-7(3)14/h4-6,11H,1-3H3,(H,12,15)(H,13,14). The summed E-state index contributed by atoms with van der Waals surface area (Å²) in [7, 11) is 0. The summed E-state index contributed by atoms with van der Waals surface area (Å²) in [4.78, 5) is 25.0. The summed E-state index contributed by atoms with van der Waals surface area (Å²) in [6.45, 7) is 5.19. The molecule has 1 rings (SSSR count). The lowest BCUT2D eigenvalue weighted by molar-refractivity contribution is -0.114. The lowest BCUT2D eigenvalue weighted by Gasteiger charge is -2.05. The van der Waals surface area contributed by atoms with Crippen molar-refractivity contribution in [1.82, 2.24) is 10.3 Å². The number of H-pyrrole nitrogens is 1. The Morgan fingerprint density at radius 3 is 2.60 bits per heavy atom. The van der Waals surface area contributed by atoms with Crippen LogP contribution in [0.5, 0.6) is 0 Å². The van der Waals surface area contributed by atoms with Crippen molar-refractivity contribution >= 4 is 17.5 Å². The average Bonchev–Trinajstić information content (AvgIpc) is 2.50. The van der Waals surface area contributed by atoms with E-state index in [2.05, 4.69) is 15.6 Å². The second-order valence-electron chi connectivity index (χ2n) is 3.61. The predicted octanol–water partition coefficient (Wildman–Crippen LogP) is 1.11. The van der Waals surface area contributed by atoms with E-state index in [4.69, 9.17) is 0 Å². The molecule has 0 spiro atoms. The Hall–Kier alpha value is -1.78. The van der Waals surface area contributed by atoms with Crippen LogP contribution < -0.4 is 10.6 Å². The number of carbonyl (C=O) groups excluding carboxylic acids is 2. The summed E-state index contributed by atoms with van der Waals surface area (Å²) in [5.74, 6) is -0.341. The summed E-state index contributed by atoms with van der Waals surface area (Å²) < 4.78 is 0. The molecule has 0 aliphatic carbocycles. The third-order valence-electron chi connectivity index (χ3n) is 1.67. The molecule has 0 radical (unpaired) electrons. The highest BCUT2D eigenvalue weighted by atomic mass is 16.2. The molecule has 0 atom stereocenters. The van der Waals surface area contributed by atoms with E-state index in [-0.39, 0.29) is 17.9 Å². The zero-order valence-electron chi connectivity index (χ0n) is 9.05. The highest BCUT2D eigenvalue weighted by Crippen LogP contribution is 2.09. The third-order valence-corrected chi connectivity index (χ3v) is 1.67. The van der Waals surface area contributed by atoms with Crippen molar-refractivity contribution in [3.05, 3.63) is 18.0 Å². The summed E-state index contributed by atoms with van der Waals surface area (Å²) in [5, 5.41) is 5.33. The van der Waals surface area contributed by atoms with Crippen molar-refractivity contribution in [3.8, 4) is 0 Å². The Morgan fingerprint density at radius 1 is 1.40 bits per heavy atom. The van der Waals surface area contributed by atoms with Crippen LogP contribution in [0.15, 0.2) is 12.3 Å². The quantitative estimate of drug-likeness (QED) is 0.697. The van der Waals surface area contributed by atoms with Gasteiger partial charge in [0, 0.05) is 19.2 Å². The first-order valence-corrected chi connectivity index (χ1v) is 4.76. The number of aromatic nitrogens is 1. The van der Waals surface area contributed by atoms with E-state index in [1.165, 1.54) is 6.92 Å². The lowest BCUT2D eigenvalue weighted by Crippen LogP contribution is -2.30. The highest BCUT2D eigenvalue weighted by molar-refractivity contribution is 5.95. The molecule has 0 saturated heterocycles. The van der Waals surface area contributed by atoms with Gasteiger partial charge in [0.2, 0.25) is 5.91 Å². The van der Waals surface area contributed by atoms with Crippen LogP contribution in [0.25, 0.3) is 0 Å². The maximum absolute atomic E-state index is 11.5. The zero-order valence-corrected chi connectivity index (χ0v) is 9.05. The molecule has 3 N–H and O–H groups in total. The number of rotatable bonds is 3. The Kier molecular flexibility index (Phi) is 3.49. The SMILES string of the molecule is CC(=O)Nc1c[nH]c(C(=O)NC(C)C)c1. The fraction of sp³-hybridized carbons (Fsp3) is 0.400. The molecule has 0 aliphatic rings. The van der Waals surface area contributed by atoms with Gasteiger partial charge in [0.25, 0.3) is 5.91 Å². The van der Waals surface area contributed by atoms with E-state index >= 15 is 0 Å². The lowest BCUT2D eigenvalue weighted by atomic mass is 10.3. The van der Waals surface area contributed by atoms with Gasteiger partial charge in [-0.15, -0.1) is 0 Å². The van der Waals surface area contributed by atoms with E-state index < -0.39 is 0 Å². The second kappa shape index (κ2) is 4.63. The first-order chi connectivity index (χ1) is 6.99. The molecule has 5 heteroatoms. The van der Waals surface area contributed by atoms with Gasteiger partial charge in [-0.05, 0) is 19.9 Å². The van der Waals surface area contributed by atoms with Crippen molar-refractivity contribution in [1.29, 1.82) is 0 Å². The summed E-state index contributed by atoms with van der Waals surface area (Å²) in [6.07, 6.45) is 1.58. The molecule has 2 amide bonds. The summed E-state index contributed by atoms with van der Waals surface area (Å²) >= 11 is 0. The highest BCUT2D eigenvalue weighted by Gasteiger charge is 2.09. The van der Waals surface area contributed by atoms with Gasteiger partial charge in [-0.2, -0.15) is 0 Å². The maximum atomic E-state index is 11.5. The first kappa shape index (κ1) is 11.3. The van der Waals surface area contributed by atoms with E-state index in [0.717, 1.165) is 0 Å². The molecule has 15 heavy (non-hydrogen) atoms. The molecular formula is C10H15N3O2. The van der Waals surface area contributed by atoms with Gasteiger partial charge in [0.15, 0.2) is 0 Å². The fourth-order valence-corrected chi connectivity index (χ4v) is 1.14. The largest absolute Gasteiger partial charge is 0.355 e. The topological polar surface area (TPSA) is 74.0 Å². The molecule has 0 unspecified atom stereocenters. The van der Waals surface area contributed by atoms with Gasteiger partial charge in [0.1, 0.15) is 5.69 Å². The molecule has 0 fully saturated rings. The summed E-state index contributed by atoms with van der Waals surface area (Å²) in [5.41, 5.74) is 1.03. The average molecular weight is 209 g/mol. The molecule has 0 saturated carbocycles. The van der Waals surface area contributed by atoms with Gasteiger partial charge in [-0.1, -0.05) is 0 Å². The van der Waals surface area contributed by atoms with Crippen molar-refractivity contribution in [3.63, 3.8) is 0 Å². The van der Waals surface area contributed by atoms with Crippen molar-refractivity contribution in [2.24, 2.45) is 0 Å². The van der Waals surface area contributed by atoms with E-state index in [1.807, 2.05) is 13.8 Å². The molecule has 1 aromatic heterocycles. The van der Waals surface area contributed by atoms with Crippen LogP contribution in [0.4, 0.5) is 5.69 Å². The van der Waals surface area contributed by atoms with Gasteiger partial charge < -0.3 is 15.6 Å². The van der Waals surface area contributed by atoms with Crippen LogP contribution in [0, 0.1) is 0 Å². The number of nitrogens with one attached hydrogen (secondary N) is 3. The van der Waals surface area contributed by atoms with Crippen molar-refractivity contribution in [2.45, 2.75) is 26.8 Å². The number of hydrogen-bond donors (Lipinski definition) is 3. The van der Waals surface area contributed by atoms with E-state index in [9.17, 15) is 9.59 Å². The molecule has 82 valence electrons. The van der Waals surface area contributed by atoms with Crippen LogP contribution in [-0.2, 0) is 4.79 Å². The van der Waals surface area contributed by atoms with Crippen molar-refractivity contribution in [2.75, 3.05) is 5.32 Å². The van der Waals surface area contributed by atoms with Crippen LogP contribution in [0.2, 0.25) is 0 Å². The maximum Gasteiger partial charge on any atom is 0.267 e. The molecule has 0 aromatic carbocycles.